The molecule has 82 valence electrons. The van der Waals surface area contributed by atoms with Crippen LogP contribution in [-0.4, -0.2) is 10.8 Å². The van der Waals surface area contributed by atoms with Gasteiger partial charge in [-0.3, -0.25) is 9.78 Å². The van der Waals surface area contributed by atoms with Crippen molar-refractivity contribution in [2.75, 3.05) is 0 Å². The highest BCUT2D eigenvalue weighted by Gasteiger charge is 2.12. The second-order valence-electron chi connectivity index (χ2n) is 3.55. The number of thiophene rings is 1. The molecule has 0 bridgehead atoms. The number of hydrogen-bond donors (Lipinski definition) is 0. The monoisotopic (exact) mass is 231 g/mol. The summed E-state index contributed by atoms with van der Waals surface area (Å²) in [5.41, 5.74) is 1.98. The van der Waals surface area contributed by atoms with E-state index < -0.39 is 0 Å². The average molecular weight is 231 g/mol. The summed E-state index contributed by atoms with van der Waals surface area (Å²) in [4.78, 5) is 17.1. The smallest absolute Gasteiger partial charge is 0.178 e. The maximum Gasteiger partial charge on any atom is 0.178 e. The van der Waals surface area contributed by atoms with Gasteiger partial charge in [-0.15, -0.1) is 11.3 Å². The Labute approximate surface area is 99.0 Å². The predicted molar refractivity (Wildman–Crippen MR) is 66.0 cm³/mol. The molecule has 2 nitrogen and oxygen atoms in total. The number of aryl methyl sites for hydroxylation is 1. The van der Waals surface area contributed by atoms with E-state index in [0.29, 0.717) is 6.42 Å². The highest BCUT2D eigenvalue weighted by Crippen LogP contribution is 2.19. The van der Waals surface area contributed by atoms with Gasteiger partial charge >= 0.3 is 0 Å². The molecule has 0 saturated carbocycles. The second-order valence-corrected chi connectivity index (χ2v) is 4.47. The largest absolute Gasteiger partial charge is 0.293 e. The molecule has 0 aliphatic heterocycles. The van der Waals surface area contributed by atoms with E-state index in [4.69, 9.17) is 0 Å². The van der Waals surface area contributed by atoms with Crippen LogP contribution in [0.15, 0.2) is 35.8 Å². The third-order valence-electron chi connectivity index (χ3n) is 2.45. The average Bonchev–Trinajstić information content (AvgIpc) is 2.78. The Morgan fingerprint density at radius 1 is 1.38 bits per heavy atom. The van der Waals surface area contributed by atoms with Crippen molar-refractivity contribution in [2.45, 2.75) is 19.8 Å². The van der Waals surface area contributed by atoms with Crippen LogP contribution >= 0.6 is 11.3 Å². The lowest BCUT2D eigenvalue weighted by atomic mass is 10.1. The van der Waals surface area contributed by atoms with Gasteiger partial charge in [0.25, 0.3) is 0 Å². The fraction of sp³-hybridized carbons (Fsp3) is 0.231. The number of aromatic nitrogens is 1. The van der Waals surface area contributed by atoms with Crippen LogP contribution in [0.2, 0.25) is 0 Å². The van der Waals surface area contributed by atoms with Crippen LogP contribution in [0.1, 0.15) is 27.9 Å². The molecule has 0 saturated heterocycles. The molecule has 0 unspecified atom stereocenters. The molecule has 0 aliphatic carbocycles. The number of carbonyl (C=O) groups is 1. The molecule has 0 aliphatic rings. The molecule has 0 N–H and O–H groups in total. The van der Waals surface area contributed by atoms with Crippen molar-refractivity contribution in [3.63, 3.8) is 0 Å². The van der Waals surface area contributed by atoms with Crippen LogP contribution in [0.4, 0.5) is 0 Å². The molecule has 2 rings (SSSR count). The summed E-state index contributed by atoms with van der Waals surface area (Å²) < 4.78 is 0. The molecule has 0 radical (unpaired) electrons. The first-order chi connectivity index (χ1) is 7.81. The zero-order valence-electron chi connectivity index (χ0n) is 9.14. The van der Waals surface area contributed by atoms with E-state index in [1.807, 2.05) is 29.6 Å². The predicted octanol–water partition coefficient (Wildman–Crippen LogP) is 3.13. The van der Waals surface area contributed by atoms with Gasteiger partial charge in [-0.2, -0.15) is 0 Å². The fourth-order valence-corrected chi connectivity index (χ4v) is 2.54. The Hall–Kier alpha value is -1.48. The lowest BCUT2D eigenvalue weighted by Gasteiger charge is -2.00. The first-order valence-corrected chi connectivity index (χ1v) is 6.18. The Morgan fingerprint density at radius 2 is 2.25 bits per heavy atom. The number of hydrogen-bond acceptors (Lipinski definition) is 3. The number of ketones is 1. The van der Waals surface area contributed by atoms with E-state index in [1.54, 1.807) is 6.20 Å². The van der Waals surface area contributed by atoms with Crippen LogP contribution in [0, 0.1) is 0 Å². The van der Waals surface area contributed by atoms with Gasteiger partial charge in [0, 0.05) is 11.9 Å². The van der Waals surface area contributed by atoms with Crippen molar-refractivity contribution in [3.8, 4) is 0 Å². The minimum absolute atomic E-state index is 0.172. The summed E-state index contributed by atoms with van der Waals surface area (Å²) >= 11 is 1.52. The maximum atomic E-state index is 12.0. The normalized spacial score (nSPS) is 10.3. The van der Waals surface area contributed by atoms with Crippen molar-refractivity contribution >= 4 is 17.1 Å². The molecule has 2 aromatic rings. The molecule has 0 spiro atoms. The van der Waals surface area contributed by atoms with Crippen LogP contribution in [0.3, 0.4) is 0 Å². The summed E-state index contributed by atoms with van der Waals surface area (Å²) in [6.07, 6.45) is 3.03. The Morgan fingerprint density at radius 3 is 2.94 bits per heavy atom. The lowest BCUT2D eigenvalue weighted by Crippen LogP contribution is -2.04. The summed E-state index contributed by atoms with van der Waals surface area (Å²) in [5, 5.41) is 1.98. The van der Waals surface area contributed by atoms with Crippen LogP contribution < -0.4 is 0 Å². The Balaban J connectivity index is 2.15. The topological polar surface area (TPSA) is 30.0 Å². The fourth-order valence-electron chi connectivity index (χ4n) is 1.61. The molecular weight excluding hydrogens is 218 g/mol. The molecule has 0 aromatic carbocycles. The van der Waals surface area contributed by atoms with E-state index >= 15 is 0 Å². The van der Waals surface area contributed by atoms with Crippen molar-refractivity contribution in [3.05, 3.63) is 52.0 Å². The van der Waals surface area contributed by atoms with E-state index in [2.05, 4.69) is 11.9 Å². The zero-order valence-corrected chi connectivity index (χ0v) is 9.96. The van der Waals surface area contributed by atoms with Gasteiger partial charge in [-0.25, -0.2) is 0 Å². The van der Waals surface area contributed by atoms with Gasteiger partial charge < -0.3 is 0 Å². The number of nitrogens with zero attached hydrogens (tertiary/aromatic N) is 1. The standard InChI is InChI=1S/C13H13NOS/c1-2-10-6-8-16-13(10)12(15)9-11-5-3-4-7-14-11/h3-8H,2,9H2,1H3. The van der Waals surface area contributed by atoms with Crippen LogP contribution in [0.5, 0.6) is 0 Å². The Bertz CT molecular complexity index is 476. The summed E-state index contributed by atoms with van der Waals surface area (Å²) in [6, 6.07) is 7.68. The van der Waals surface area contributed by atoms with Crippen molar-refractivity contribution in [1.29, 1.82) is 0 Å². The molecule has 0 atom stereocenters. The van der Waals surface area contributed by atoms with Crippen molar-refractivity contribution in [1.82, 2.24) is 4.98 Å². The number of rotatable bonds is 4. The van der Waals surface area contributed by atoms with Gasteiger partial charge in [0.2, 0.25) is 0 Å². The van der Waals surface area contributed by atoms with Crippen LogP contribution in [0.25, 0.3) is 0 Å². The number of carbonyl (C=O) groups excluding carboxylic acids is 1. The Kier molecular flexibility index (Phi) is 3.47. The number of pyridine rings is 1. The van der Waals surface area contributed by atoms with Gasteiger partial charge in [0.15, 0.2) is 5.78 Å². The molecule has 0 fully saturated rings. The summed E-state index contributed by atoms with van der Waals surface area (Å²) in [6.45, 7) is 2.07. The van der Waals surface area contributed by atoms with Crippen molar-refractivity contribution < 1.29 is 4.79 Å². The highest BCUT2D eigenvalue weighted by atomic mass is 32.1. The SMILES string of the molecule is CCc1ccsc1C(=O)Cc1ccccn1. The van der Waals surface area contributed by atoms with Crippen molar-refractivity contribution in [2.24, 2.45) is 0 Å². The highest BCUT2D eigenvalue weighted by molar-refractivity contribution is 7.12. The summed E-state index contributed by atoms with van der Waals surface area (Å²) in [7, 11) is 0. The first-order valence-electron chi connectivity index (χ1n) is 5.30. The lowest BCUT2D eigenvalue weighted by molar-refractivity contribution is 0.0995. The maximum absolute atomic E-state index is 12.0. The minimum Gasteiger partial charge on any atom is -0.293 e. The minimum atomic E-state index is 0.172. The molecule has 3 heteroatoms. The molecule has 2 aromatic heterocycles. The number of Topliss-reactive ketones (excluding diaryl/α,β-unsaturated/α-hetero) is 1. The van der Waals surface area contributed by atoms with Gasteiger partial charge in [-0.1, -0.05) is 13.0 Å². The zero-order chi connectivity index (χ0) is 11.4. The second kappa shape index (κ2) is 5.03. The van der Waals surface area contributed by atoms with Gasteiger partial charge in [0.1, 0.15) is 0 Å². The van der Waals surface area contributed by atoms with Gasteiger partial charge in [0.05, 0.1) is 11.3 Å². The van der Waals surface area contributed by atoms with Crippen LogP contribution in [-0.2, 0) is 12.8 Å². The van der Waals surface area contributed by atoms with E-state index in [-0.39, 0.29) is 5.78 Å². The van der Waals surface area contributed by atoms with Gasteiger partial charge in [-0.05, 0) is 35.6 Å². The molecular formula is C13H13NOS. The van der Waals surface area contributed by atoms with E-state index in [9.17, 15) is 4.79 Å². The third kappa shape index (κ3) is 2.36. The first kappa shape index (κ1) is 11.0. The van der Waals surface area contributed by atoms with E-state index in [0.717, 1.165) is 22.6 Å². The van der Waals surface area contributed by atoms with E-state index in [1.165, 1.54) is 11.3 Å². The molecule has 2 heterocycles. The summed E-state index contributed by atoms with van der Waals surface area (Å²) in [5.74, 6) is 0.172. The molecule has 16 heavy (non-hydrogen) atoms. The third-order valence-corrected chi connectivity index (χ3v) is 3.45. The molecule has 0 amide bonds. The quantitative estimate of drug-likeness (QED) is 0.757.